The van der Waals surface area contributed by atoms with Gasteiger partial charge in [0.1, 0.15) is 0 Å². The van der Waals surface area contributed by atoms with Crippen LogP contribution in [0.4, 0.5) is 0 Å². The molecule has 0 aromatic heterocycles. The van der Waals surface area contributed by atoms with Gasteiger partial charge in [0, 0.05) is 6.54 Å². The molecular formula is C13H19ClN2O3S. The molecule has 1 aromatic carbocycles. The second kappa shape index (κ2) is 6.11. The molecule has 7 heteroatoms. The van der Waals surface area contributed by atoms with Gasteiger partial charge in [0.2, 0.25) is 10.0 Å². The quantitative estimate of drug-likeness (QED) is 0.891. The molecule has 0 unspecified atom stereocenters. The average molecular weight is 319 g/mol. The van der Waals surface area contributed by atoms with Crippen LogP contribution in [0.3, 0.4) is 0 Å². The summed E-state index contributed by atoms with van der Waals surface area (Å²) in [5, 5.41) is 7.93. The highest BCUT2D eigenvalue weighted by molar-refractivity contribution is 7.89. The van der Waals surface area contributed by atoms with E-state index in [1.54, 1.807) is 0 Å². The zero-order valence-electron chi connectivity index (χ0n) is 11.7. The molecule has 112 valence electrons. The first kappa shape index (κ1) is 16.9. The highest BCUT2D eigenvalue weighted by Gasteiger charge is 2.16. The maximum Gasteiger partial charge on any atom is 0.252 e. The first-order valence-corrected chi connectivity index (χ1v) is 8.04. The number of rotatable bonds is 4. The van der Waals surface area contributed by atoms with Gasteiger partial charge in [0.25, 0.3) is 5.91 Å². The van der Waals surface area contributed by atoms with Crippen molar-refractivity contribution >= 4 is 27.5 Å². The van der Waals surface area contributed by atoms with E-state index in [2.05, 4.69) is 26.1 Å². The Morgan fingerprint density at radius 3 is 2.45 bits per heavy atom. The molecule has 0 aliphatic heterocycles. The minimum Gasteiger partial charge on any atom is -0.352 e. The molecule has 5 nitrogen and oxygen atoms in total. The fourth-order valence-electron chi connectivity index (χ4n) is 1.50. The third-order valence-corrected chi connectivity index (χ3v) is 3.91. The summed E-state index contributed by atoms with van der Waals surface area (Å²) in [4.78, 5) is 11.9. The van der Waals surface area contributed by atoms with Gasteiger partial charge in [-0.1, -0.05) is 32.4 Å². The van der Waals surface area contributed by atoms with Crippen molar-refractivity contribution in [1.82, 2.24) is 5.32 Å². The lowest BCUT2D eigenvalue weighted by atomic mass is 9.92. The molecule has 0 saturated heterocycles. The van der Waals surface area contributed by atoms with Crippen LogP contribution in [0.5, 0.6) is 0 Å². The largest absolute Gasteiger partial charge is 0.352 e. The van der Waals surface area contributed by atoms with Gasteiger partial charge in [-0.05, 0) is 30.0 Å². The zero-order chi connectivity index (χ0) is 15.6. The van der Waals surface area contributed by atoms with E-state index in [1.165, 1.54) is 18.2 Å². The van der Waals surface area contributed by atoms with Crippen LogP contribution < -0.4 is 10.5 Å². The van der Waals surface area contributed by atoms with Gasteiger partial charge >= 0.3 is 0 Å². The van der Waals surface area contributed by atoms with Crippen LogP contribution in [-0.4, -0.2) is 20.9 Å². The van der Waals surface area contributed by atoms with Crippen LogP contribution in [0.1, 0.15) is 37.6 Å². The molecular weight excluding hydrogens is 300 g/mol. The summed E-state index contributed by atoms with van der Waals surface area (Å²) in [6.07, 6.45) is 0.797. The summed E-state index contributed by atoms with van der Waals surface area (Å²) < 4.78 is 22.5. The number of nitrogens with one attached hydrogen (secondary N) is 1. The molecule has 1 aromatic rings. The average Bonchev–Trinajstić information content (AvgIpc) is 2.25. The topological polar surface area (TPSA) is 89.3 Å². The number of primary sulfonamides is 1. The van der Waals surface area contributed by atoms with Crippen LogP contribution in [0.25, 0.3) is 0 Å². The standard InChI is InChI=1S/C13H19ClN2O3S/c1-13(2,3)6-7-16-12(17)10-8-9(20(15,18)19)4-5-11(10)14/h4-5,8H,6-7H2,1-3H3,(H,16,17)(H2,15,18,19). The summed E-state index contributed by atoms with van der Waals surface area (Å²) >= 11 is 5.91. The maximum atomic E-state index is 12.0. The molecule has 0 spiro atoms. The van der Waals surface area contributed by atoms with Gasteiger partial charge in [0.15, 0.2) is 0 Å². The molecule has 0 bridgehead atoms. The van der Waals surface area contributed by atoms with Crippen LogP contribution in [0.2, 0.25) is 5.02 Å². The Morgan fingerprint density at radius 1 is 1.35 bits per heavy atom. The van der Waals surface area contributed by atoms with E-state index in [1.807, 2.05) is 0 Å². The van der Waals surface area contributed by atoms with Crippen molar-refractivity contribution in [3.8, 4) is 0 Å². The predicted octanol–water partition coefficient (Wildman–Crippen LogP) is 2.15. The Kier molecular flexibility index (Phi) is 5.18. The molecule has 0 heterocycles. The van der Waals surface area contributed by atoms with Crippen molar-refractivity contribution in [3.05, 3.63) is 28.8 Å². The minimum atomic E-state index is -3.86. The van der Waals surface area contributed by atoms with E-state index in [0.29, 0.717) is 6.54 Å². The molecule has 3 N–H and O–H groups in total. The molecule has 1 amide bonds. The first-order chi connectivity index (χ1) is 9.00. The Balaban J connectivity index is 2.88. The second-order valence-electron chi connectivity index (χ2n) is 5.75. The Morgan fingerprint density at radius 2 is 1.95 bits per heavy atom. The van der Waals surface area contributed by atoms with Gasteiger partial charge in [0.05, 0.1) is 15.5 Å². The van der Waals surface area contributed by atoms with Crippen molar-refractivity contribution in [1.29, 1.82) is 0 Å². The maximum absolute atomic E-state index is 12.0. The van der Waals surface area contributed by atoms with Crippen molar-refractivity contribution in [2.24, 2.45) is 10.6 Å². The molecule has 0 fully saturated rings. The third-order valence-electron chi connectivity index (χ3n) is 2.67. The van der Waals surface area contributed by atoms with E-state index in [9.17, 15) is 13.2 Å². The van der Waals surface area contributed by atoms with E-state index in [-0.39, 0.29) is 20.9 Å². The lowest BCUT2D eigenvalue weighted by Crippen LogP contribution is -2.27. The van der Waals surface area contributed by atoms with Crippen LogP contribution in [0, 0.1) is 5.41 Å². The molecule has 0 aliphatic rings. The lowest BCUT2D eigenvalue weighted by molar-refractivity contribution is 0.0949. The molecule has 0 radical (unpaired) electrons. The molecule has 0 atom stereocenters. The predicted molar refractivity (Wildman–Crippen MR) is 79.2 cm³/mol. The van der Waals surface area contributed by atoms with Crippen molar-refractivity contribution in [2.45, 2.75) is 32.1 Å². The highest BCUT2D eigenvalue weighted by atomic mass is 35.5. The van der Waals surface area contributed by atoms with E-state index in [4.69, 9.17) is 16.7 Å². The zero-order valence-corrected chi connectivity index (χ0v) is 13.3. The Bertz CT molecular complexity index is 607. The number of hydrogen-bond acceptors (Lipinski definition) is 3. The number of carbonyl (C=O) groups excluding carboxylic acids is 1. The smallest absolute Gasteiger partial charge is 0.252 e. The van der Waals surface area contributed by atoms with Gasteiger partial charge in [-0.3, -0.25) is 4.79 Å². The molecule has 0 aliphatic carbocycles. The minimum absolute atomic E-state index is 0.0967. The van der Waals surface area contributed by atoms with Crippen LogP contribution in [-0.2, 0) is 10.0 Å². The normalized spacial score (nSPS) is 12.2. The molecule has 20 heavy (non-hydrogen) atoms. The molecule has 1 rings (SSSR count). The van der Waals surface area contributed by atoms with E-state index in [0.717, 1.165) is 6.42 Å². The summed E-state index contributed by atoms with van der Waals surface area (Å²) in [6, 6.07) is 3.80. The fourth-order valence-corrected chi connectivity index (χ4v) is 2.24. The summed E-state index contributed by atoms with van der Waals surface area (Å²) in [6.45, 7) is 6.67. The van der Waals surface area contributed by atoms with Crippen LogP contribution >= 0.6 is 11.6 Å². The Labute approximate surface area is 124 Å². The van der Waals surface area contributed by atoms with E-state index >= 15 is 0 Å². The van der Waals surface area contributed by atoms with Crippen molar-refractivity contribution in [3.63, 3.8) is 0 Å². The summed E-state index contributed by atoms with van der Waals surface area (Å²) in [7, 11) is -3.86. The van der Waals surface area contributed by atoms with E-state index < -0.39 is 15.9 Å². The lowest BCUT2D eigenvalue weighted by Gasteiger charge is -2.18. The number of carbonyl (C=O) groups is 1. The summed E-state index contributed by atoms with van der Waals surface area (Å²) in [5.41, 5.74) is 0.201. The van der Waals surface area contributed by atoms with Gasteiger partial charge < -0.3 is 5.32 Å². The van der Waals surface area contributed by atoms with Crippen molar-refractivity contribution in [2.75, 3.05) is 6.54 Å². The number of hydrogen-bond donors (Lipinski definition) is 2. The SMILES string of the molecule is CC(C)(C)CCNC(=O)c1cc(S(N)(=O)=O)ccc1Cl. The number of amides is 1. The number of sulfonamides is 1. The Hall–Kier alpha value is -1.11. The fraction of sp³-hybridized carbons (Fsp3) is 0.462. The number of benzene rings is 1. The third kappa shape index (κ3) is 5.11. The highest BCUT2D eigenvalue weighted by Crippen LogP contribution is 2.20. The van der Waals surface area contributed by atoms with Crippen LogP contribution in [0.15, 0.2) is 23.1 Å². The number of halogens is 1. The molecule has 0 saturated carbocycles. The van der Waals surface area contributed by atoms with Crippen molar-refractivity contribution < 1.29 is 13.2 Å². The van der Waals surface area contributed by atoms with Gasteiger partial charge in [-0.2, -0.15) is 0 Å². The summed E-state index contributed by atoms with van der Waals surface area (Å²) in [5.74, 6) is -0.412. The van der Waals surface area contributed by atoms with Gasteiger partial charge in [-0.15, -0.1) is 0 Å². The second-order valence-corrected chi connectivity index (χ2v) is 7.72. The number of nitrogens with two attached hydrogens (primary N) is 1. The first-order valence-electron chi connectivity index (χ1n) is 6.11. The van der Waals surface area contributed by atoms with Gasteiger partial charge in [-0.25, -0.2) is 13.6 Å². The monoisotopic (exact) mass is 318 g/mol.